The summed E-state index contributed by atoms with van der Waals surface area (Å²) in [6.45, 7) is 6.54. The van der Waals surface area contributed by atoms with E-state index in [9.17, 15) is 14.4 Å². The third kappa shape index (κ3) is 37.4. The van der Waals surface area contributed by atoms with Gasteiger partial charge in [-0.2, -0.15) is 0 Å². The first-order valence-electron chi connectivity index (χ1n) is 21.7. The molecule has 0 N–H and O–H groups in total. The highest BCUT2D eigenvalue weighted by atomic mass is 16.6. The van der Waals surface area contributed by atoms with Crippen LogP contribution in [0.5, 0.6) is 0 Å². The molecule has 0 aromatic heterocycles. The van der Waals surface area contributed by atoms with Crippen molar-refractivity contribution in [1.29, 1.82) is 0 Å². The standard InChI is InChI=1S/C44H82O6/c1-4-7-10-13-15-17-19-20-21-22-23-25-26-28-31-34-37-43(46)49-40-41(39-48-42(45)36-33-30-12-9-6-3)50-44(47)38-35-32-29-27-24-18-16-14-11-8-5-2/h21-22,41H,4-20,23-40H2,1-3H3/b22-21-. The lowest BCUT2D eigenvalue weighted by atomic mass is 10.1. The Bertz CT molecular complexity index is 778. The summed E-state index contributed by atoms with van der Waals surface area (Å²) in [4.78, 5) is 37.3. The summed E-state index contributed by atoms with van der Waals surface area (Å²) in [6, 6.07) is 0. The second-order valence-corrected chi connectivity index (χ2v) is 14.6. The van der Waals surface area contributed by atoms with E-state index in [1.165, 1.54) is 122 Å². The highest BCUT2D eigenvalue weighted by Crippen LogP contribution is 2.14. The largest absolute Gasteiger partial charge is 0.462 e. The zero-order chi connectivity index (χ0) is 36.6. The van der Waals surface area contributed by atoms with Gasteiger partial charge in [-0.25, -0.2) is 0 Å². The molecule has 1 atom stereocenters. The van der Waals surface area contributed by atoms with Crippen LogP contribution in [0.1, 0.15) is 233 Å². The molecule has 6 nitrogen and oxygen atoms in total. The molecule has 0 aliphatic heterocycles. The SMILES string of the molecule is CCCCCCCCC/C=C\CCCCCCCC(=O)OCC(COC(=O)CCCCCCC)OC(=O)CCCCCCCCCCCCC. The molecule has 0 bridgehead atoms. The molecule has 0 aliphatic carbocycles. The van der Waals surface area contributed by atoms with Gasteiger partial charge in [-0.05, 0) is 44.9 Å². The van der Waals surface area contributed by atoms with Crippen LogP contribution >= 0.6 is 0 Å². The monoisotopic (exact) mass is 707 g/mol. The Labute approximate surface area is 310 Å². The Morgan fingerprint density at radius 2 is 0.660 bits per heavy atom. The smallest absolute Gasteiger partial charge is 0.306 e. The van der Waals surface area contributed by atoms with Crippen LogP contribution in [0.4, 0.5) is 0 Å². The van der Waals surface area contributed by atoms with E-state index in [-0.39, 0.29) is 31.1 Å². The van der Waals surface area contributed by atoms with Crippen molar-refractivity contribution in [3.63, 3.8) is 0 Å². The summed E-state index contributed by atoms with van der Waals surface area (Å²) < 4.78 is 16.6. The van der Waals surface area contributed by atoms with Crippen molar-refractivity contribution in [1.82, 2.24) is 0 Å². The molecule has 0 saturated heterocycles. The first kappa shape index (κ1) is 48.1. The van der Waals surface area contributed by atoms with Crippen molar-refractivity contribution in [2.45, 2.75) is 239 Å². The number of allylic oxidation sites excluding steroid dienone is 2. The maximum Gasteiger partial charge on any atom is 0.306 e. The van der Waals surface area contributed by atoms with Gasteiger partial charge in [0.2, 0.25) is 0 Å². The number of esters is 3. The Morgan fingerprint density at radius 3 is 1.00 bits per heavy atom. The molecule has 0 aromatic rings. The van der Waals surface area contributed by atoms with Crippen molar-refractivity contribution in [3.8, 4) is 0 Å². The molecule has 6 heteroatoms. The Morgan fingerprint density at radius 1 is 0.380 bits per heavy atom. The van der Waals surface area contributed by atoms with Gasteiger partial charge in [0.25, 0.3) is 0 Å². The van der Waals surface area contributed by atoms with E-state index in [4.69, 9.17) is 14.2 Å². The lowest BCUT2D eigenvalue weighted by molar-refractivity contribution is -0.167. The summed E-state index contributed by atoms with van der Waals surface area (Å²) in [5.41, 5.74) is 0. The van der Waals surface area contributed by atoms with Crippen molar-refractivity contribution in [2.24, 2.45) is 0 Å². The van der Waals surface area contributed by atoms with Crippen molar-refractivity contribution >= 4 is 17.9 Å². The maximum absolute atomic E-state index is 12.6. The molecule has 0 aliphatic rings. The van der Waals surface area contributed by atoms with Gasteiger partial charge < -0.3 is 14.2 Å². The van der Waals surface area contributed by atoms with Gasteiger partial charge in [-0.15, -0.1) is 0 Å². The lowest BCUT2D eigenvalue weighted by Crippen LogP contribution is -2.30. The van der Waals surface area contributed by atoms with Crippen molar-refractivity contribution in [2.75, 3.05) is 13.2 Å². The molecule has 0 fully saturated rings. The van der Waals surface area contributed by atoms with Gasteiger partial charge >= 0.3 is 17.9 Å². The van der Waals surface area contributed by atoms with Crippen LogP contribution in [0.15, 0.2) is 12.2 Å². The topological polar surface area (TPSA) is 78.9 Å². The average molecular weight is 707 g/mol. The first-order valence-corrected chi connectivity index (χ1v) is 21.7. The number of rotatable bonds is 39. The van der Waals surface area contributed by atoms with Gasteiger partial charge in [0, 0.05) is 19.3 Å². The molecular weight excluding hydrogens is 624 g/mol. The molecule has 0 spiro atoms. The molecule has 0 heterocycles. The molecule has 0 aromatic carbocycles. The fraction of sp³-hybridized carbons (Fsp3) is 0.886. The summed E-state index contributed by atoms with van der Waals surface area (Å²) in [5, 5.41) is 0. The summed E-state index contributed by atoms with van der Waals surface area (Å²) in [5.74, 6) is -0.889. The van der Waals surface area contributed by atoms with Crippen LogP contribution in [-0.4, -0.2) is 37.2 Å². The van der Waals surface area contributed by atoms with Crippen molar-refractivity contribution < 1.29 is 28.6 Å². The quantitative estimate of drug-likeness (QED) is 0.0274. The fourth-order valence-electron chi connectivity index (χ4n) is 6.20. The fourth-order valence-corrected chi connectivity index (χ4v) is 6.20. The minimum absolute atomic E-state index is 0.0709. The summed E-state index contributed by atoms with van der Waals surface area (Å²) in [6.07, 6.45) is 40.8. The highest BCUT2D eigenvalue weighted by Gasteiger charge is 2.19. The minimum Gasteiger partial charge on any atom is -0.462 e. The molecule has 0 radical (unpaired) electrons. The van der Waals surface area contributed by atoms with E-state index in [0.29, 0.717) is 19.3 Å². The first-order chi connectivity index (χ1) is 24.5. The lowest BCUT2D eigenvalue weighted by Gasteiger charge is -2.18. The van der Waals surface area contributed by atoms with Crippen LogP contribution in [-0.2, 0) is 28.6 Å². The molecular formula is C44H82O6. The van der Waals surface area contributed by atoms with E-state index < -0.39 is 6.10 Å². The molecule has 0 amide bonds. The van der Waals surface area contributed by atoms with Gasteiger partial charge in [0.05, 0.1) is 0 Å². The van der Waals surface area contributed by atoms with Gasteiger partial charge in [0.1, 0.15) is 13.2 Å². The van der Waals surface area contributed by atoms with Crippen LogP contribution in [0.3, 0.4) is 0 Å². The van der Waals surface area contributed by atoms with E-state index in [2.05, 4.69) is 32.9 Å². The average Bonchev–Trinajstić information content (AvgIpc) is 3.11. The minimum atomic E-state index is -0.762. The van der Waals surface area contributed by atoms with Crippen LogP contribution in [0, 0.1) is 0 Å². The normalized spacial score (nSPS) is 12.0. The summed E-state index contributed by atoms with van der Waals surface area (Å²) in [7, 11) is 0. The number of carbonyl (C=O) groups excluding carboxylic acids is 3. The predicted octanol–water partition coefficient (Wildman–Crippen LogP) is 13.5. The molecule has 294 valence electrons. The third-order valence-corrected chi connectivity index (χ3v) is 9.52. The highest BCUT2D eigenvalue weighted by molar-refractivity contribution is 5.71. The maximum atomic E-state index is 12.6. The molecule has 50 heavy (non-hydrogen) atoms. The van der Waals surface area contributed by atoms with Crippen LogP contribution < -0.4 is 0 Å². The number of hydrogen-bond acceptors (Lipinski definition) is 6. The zero-order valence-corrected chi connectivity index (χ0v) is 33.4. The van der Waals surface area contributed by atoms with Gasteiger partial charge in [-0.3, -0.25) is 14.4 Å². The number of unbranched alkanes of at least 4 members (excludes halogenated alkanes) is 26. The van der Waals surface area contributed by atoms with E-state index in [1.54, 1.807) is 0 Å². The molecule has 1 unspecified atom stereocenters. The third-order valence-electron chi connectivity index (χ3n) is 9.52. The van der Waals surface area contributed by atoms with Crippen LogP contribution in [0.25, 0.3) is 0 Å². The van der Waals surface area contributed by atoms with Crippen LogP contribution in [0.2, 0.25) is 0 Å². The Balaban J connectivity index is 4.21. The summed E-state index contributed by atoms with van der Waals surface area (Å²) >= 11 is 0. The number of ether oxygens (including phenoxy) is 3. The number of hydrogen-bond donors (Lipinski definition) is 0. The second kappa shape index (κ2) is 39.9. The van der Waals surface area contributed by atoms with E-state index in [1.807, 2.05) is 0 Å². The van der Waals surface area contributed by atoms with E-state index in [0.717, 1.165) is 70.6 Å². The second-order valence-electron chi connectivity index (χ2n) is 14.6. The number of carbonyl (C=O) groups is 3. The van der Waals surface area contributed by atoms with Gasteiger partial charge in [0.15, 0.2) is 6.10 Å². The molecule has 0 rings (SSSR count). The van der Waals surface area contributed by atoms with Crippen molar-refractivity contribution in [3.05, 3.63) is 12.2 Å². The van der Waals surface area contributed by atoms with E-state index >= 15 is 0 Å². The Hall–Kier alpha value is -1.85. The Kier molecular flexibility index (Phi) is 38.5. The zero-order valence-electron chi connectivity index (χ0n) is 33.4. The molecule has 0 saturated carbocycles. The predicted molar refractivity (Wildman–Crippen MR) is 210 cm³/mol. The van der Waals surface area contributed by atoms with Gasteiger partial charge in [-0.1, -0.05) is 181 Å².